The first kappa shape index (κ1) is 18.8. The quantitative estimate of drug-likeness (QED) is 0.756. The third-order valence-corrected chi connectivity index (χ3v) is 5.83. The summed E-state index contributed by atoms with van der Waals surface area (Å²) < 4.78 is 5.18. The number of nitrogens with one attached hydrogen (secondary N) is 2. The van der Waals surface area contributed by atoms with Crippen molar-refractivity contribution in [2.75, 3.05) is 13.2 Å². The van der Waals surface area contributed by atoms with Gasteiger partial charge in [0.05, 0.1) is 17.3 Å². The van der Waals surface area contributed by atoms with Gasteiger partial charge in [0.1, 0.15) is 13.2 Å². The fourth-order valence-corrected chi connectivity index (χ4v) is 4.33. The number of benzene rings is 1. The SMILES string of the molecule is O=C(CN1C(=O)NC(c2ccccc2Cl)C2=C1COC2=O)NC1CCCCC1. The van der Waals surface area contributed by atoms with Crippen molar-refractivity contribution in [3.8, 4) is 0 Å². The minimum absolute atomic E-state index is 0.0285. The van der Waals surface area contributed by atoms with Crippen LogP contribution in [0.4, 0.5) is 4.79 Å². The number of nitrogens with zero attached hydrogens (tertiary/aromatic N) is 1. The molecule has 7 nitrogen and oxygen atoms in total. The molecule has 2 N–H and O–H groups in total. The first-order valence-corrected chi connectivity index (χ1v) is 9.94. The Hall–Kier alpha value is -2.54. The fourth-order valence-electron chi connectivity index (χ4n) is 4.08. The summed E-state index contributed by atoms with van der Waals surface area (Å²) in [4.78, 5) is 38.9. The van der Waals surface area contributed by atoms with E-state index in [0.717, 1.165) is 25.7 Å². The average Bonchev–Trinajstić information content (AvgIpc) is 3.07. The Kier molecular flexibility index (Phi) is 5.26. The first-order valence-electron chi connectivity index (χ1n) is 9.56. The number of rotatable bonds is 4. The number of carbonyl (C=O) groups is 3. The van der Waals surface area contributed by atoms with Crippen molar-refractivity contribution in [3.05, 3.63) is 46.1 Å². The van der Waals surface area contributed by atoms with Crippen LogP contribution in [0.2, 0.25) is 5.02 Å². The van der Waals surface area contributed by atoms with E-state index in [2.05, 4.69) is 10.6 Å². The molecule has 0 bridgehead atoms. The van der Waals surface area contributed by atoms with Crippen LogP contribution in [-0.4, -0.2) is 42.0 Å². The van der Waals surface area contributed by atoms with E-state index in [9.17, 15) is 14.4 Å². The molecule has 0 aromatic heterocycles. The molecule has 0 spiro atoms. The zero-order chi connectivity index (χ0) is 19.7. The standard InChI is InChI=1S/C20H22ClN3O4/c21-14-9-5-4-8-13(14)18-17-15(11-28-19(17)26)24(20(27)23-18)10-16(25)22-12-6-2-1-3-7-12/h4-5,8-9,12,18H,1-3,6-7,10-11H2,(H,22,25)(H,23,27). The van der Waals surface area contributed by atoms with Gasteiger partial charge in [0.25, 0.3) is 0 Å². The molecule has 4 rings (SSSR count). The number of ether oxygens (including phenoxy) is 1. The van der Waals surface area contributed by atoms with Crippen molar-refractivity contribution in [1.29, 1.82) is 0 Å². The van der Waals surface area contributed by atoms with Crippen LogP contribution in [-0.2, 0) is 14.3 Å². The summed E-state index contributed by atoms with van der Waals surface area (Å²) in [5.74, 6) is -0.734. The smallest absolute Gasteiger partial charge is 0.338 e. The Morgan fingerprint density at radius 2 is 1.96 bits per heavy atom. The molecule has 2 heterocycles. The van der Waals surface area contributed by atoms with Gasteiger partial charge in [-0.15, -0.1) is 0 Å². The molecule has 2 aliphatic heterocycles. The second-order valence-corrected chi connectivity index (χ2v) is 7.74. The molecular weight excluding hydrogens is 382 g/mol. The number of halogens is 1. The van der Waals surface area contributed by atoms with Crippen molar-refractivity contribution in [2.45, 2.75) is 44.2 Å². The molecule has 1 aliphatic carbocycles. The van der Waals surface area contributed by atoms with Gasteiger partial charge in [-0.1, -0.05) is 49.1 Å². The fraction of sp³-hybridized carbons (Fsp3) is 0.450. The monoisotopic (exact) mass is 403 g/mol. The van der Waals surface area contributed by atoms with Gasteiger partial charge in [-0.25, -0.2) is 9.59 Å². The van der Waals surface area contributed by atoms with Crippen LogP contribution >= 0.6 is 11.6 Å². The van der Waals surface area contributed by atoms with Crippen molar-refractivity contribution < 1.29 is 19.1 Å². The van der Waals surface area contributed by atoms with E-state index in [1.807, 2.05) is 0 Å². The lowest BCUT2D eigenvalue weighted by atomic mass is 9.95. The maximum atomic E-state index is 12.8. The largest absolute Gasteiger partial charge is 0.456 e. The van der Waals surface area contributed by atoms with E-state index in [1.165, 1.54) is 11.3 Å². The molecule has 1 saturated carbocycles. The number of hydrogen-bond acceptors (Lipinski definition) is 4. The number of hydrogen-bond donors (Lipinski definition) is 2. The van der Waals surface area contributed by atoms with E-state index in [4.69, 9.17) is 16.3 Å². The number of esters is 1. The maximum absolute atomic E-state index is 12.8. The van der Waals surface area contributed by atoms with Crippen LogP contribution in [0, 0.1) is 0 Å². The van der Waals surface area contributed by atoms with E-state index >= 15 is 0 Å². The Bertz CT molecular complexity index is 848. The van der Waals surface area contributed by atoms with Gasteiger partial charge in [-0.2, -0.15) is 0 Å². The molecule has 8 heteroatoms. The summed E-state index contributed by atoms with van der Waals surface area (Å²) >= 11 is 6.27. The average molecular weight is 404 g/mol. The van der Waals surface area contributed by atoms with Gasteiger partial charge in [-0.3, -0.25) is 9.69 Å². The van der Waals surface area contributed by atoms with Gasteiger partial charge >= 0.3 is 12.0 Å². The van der Waals surface area contributed by atoms with E-state index in [-0.39, 0.29) is 25.1 Å². The van der Waals surface area contributed by atoms with Crippen LogP contribution in [0.15, 0.2) is 35.5 Å². The normalized spacial score (nSPS) is 22.6. The molecule has 3 aliphatic rings. The lowest BCUT2D eigenvalue weighted by Gasteiger charge is -2.33. The second-order valence-electron chi connectivity index (χ2n) is 7.33. The number of urea groups is 1. The van der Waals surface area contributed by atoms with Crippen molar-refractivity contribution in [1.82, 2.24) is 15.5 Å². The van der Waals surface area contributed by atoms with Crippen LogP contribution < -0.4 is 10.6 Å². The summed E-state index contributed by atoms with van der Waals surface area (Å²) in [6.45, 7) is -0.174. The molecule has 28 heavy (non-hydrogen) atoms. The highest BCUT2D eigenvalue weighted by molar-refractivity contribution is 6.31. The highest BCUT2D eigenvalue weighted by Gasteiger charge is 2.43. The third-order valence-electron chi connectivity index (χ3n) is 5.49. The zero-order valence-corrected chi connectivity index (χ0v) is 16.1. The minimum Gasteiger partial charge on any atom is -0.456 e. The first-order chi connectivity index (χ1) is 13.5. The summed E-state index contributed by atoms with van der Waals surface area (Å²) in [7, 11) is 0. The van der Waals surface area contributed by atoms with Gasteiger partial charge < -0.3 is 15.4 Å². The molecular formula is C20H22ClN3O4. The van der Waals surface area contributed by atoms with Crippen LogP contribution in [0.25, 0.3) is 0 Å². The Balaban J connectivity index is 1.57. The Morgan fingerprint density at radius 3 is 2.71 bits per heavy atom. The lowest BCUT2D eigenvalue weighted by Crippen LogP contribution is -2.51. The molecule has 3 amide bonds. The molecule has 0 radical (unpaired) electrons. The van der Waals surface area contributed by atoms with Gasteiger partial charge in [0.2, 0.25) is 5.91 Å². The van der Waals surface area contributed by atoms with Crippen molar-refractivity contribution >= 4 is 29.5 Å². The molecule has 1 aromatic rings. The van der Waals surface area contributed by atoms with Gasteiger partial charge in [0, 0.05) is 11.1 Å². The predicted molar refractivity (Wildman–Crippen MR) is 102 cm³/mol. The number of amides is 3. The van der Waals surface area contributed by atoms with Gasteiger partial charge in [-0.05, 0) is 24.5 Å². The van der Waals surface area contributed by atoms with Crippen molar-refractivity contribution in [3.63, 3.8) is 0 Å². The van der Waals surface area contributed by atoms with Crippen LogP contribution in [0.1, 0.15) is 43.7 Å². The molecule has 1 unspecified atom stereocenters. The van der Waals surface area contributed by atoms with E-state index < -0.39 is 18.0 Å². The van der Waals surface area contributed by atoms with Crippen LogP contribution in [0.3, 0.4) is 0 Å². The number of carbonyl (C=O) groups excluding carboxylic acids is 3. The molecule has 1 atom stereocenters. The molecule has 0 saturated heterocycles. The summed E-state index contributed by atoms with van der Waals surface area (Å²) in [6, 6.07) is 6.05. The van der Waals surface area contributed by atoms with Crippen molar-refractivity contribution in [2.24, 2.45) is 0 Å². The maximum Gasteiger partial charge on any atom is 0.338 e. The third kappa shape index (κ3) is 3.58. The summed E-state index contributed by atoms with van der Waals surface area (Å²) in [6.07, 6.45) is 5.32. The topological polar surface area (TPSA) is 87.7 Å². The van der Waals surface area contributed by atoms with E-state index in [1.54, 1.807) is 24.3 Å². The Morgan fingerprint density at radius 1 is 1.21 bits per heavy atom. The molecule has 1 fully saturated rings. The Labute approximate surface area is 168 Å². The lowest BCUT2D eigenvalue weighted by molar-refractivity contribution is -0.136. The van der Waals surface area contributed by atoms with Gasteiger partial charge in [0.15, 0.2) is 0 Å². The van der Waals surface area contributed by atoms with Crippen LogP contribution in [0.5, 0.6) is 0 Å². The highest BCUT2D eigenvalue weighted by Crippen LogP contribution is 2.37. The predicted octanol–water partition coefficient (Wildman–Crippen LogP) is 2.67. The highest BCUT2D eigenvalue weighted by atomic mass is 35.5. The minimum atomic E-state index is -0.691. The molecule has 1 aromatic carbocycles. The second kappa shape index (κ2) is 7.83. The molecule has 148 valence electrons. The number of cyclic esters (lactones) is 1. The van der Waals surface area contributed by atoms with E-state index in [0.29, 0.717) is 21.9 Å². The zero-order valence-electron chi connectivity index (χ0n) is 15.4. The summed E-state index contributed by atoms with van der Waals surface area (Å²) in [5.41, 5.74) is 1.38. The summed E-state index contributed by atoms with van der Waals surface area (Å²) in [5, 5.41) is 6.25.